The highest BCUT2D eigenvalue weighted by atomic mass is 16.6. The smallest absolute Gasteiger partial charge is 0.341 e. The van der Waals surface area contributed by atoms with Crippen molar-refractivity contribution in [3.05, 3.63) is 95.1 Å². The minimum atomic E-state index is -1.27. The summed E-state index contributed by atoms with van der Waals surface area (Å²) in [7, 11) is 0. The first-order chi connectivity index (χ1) is 20.9. The van der Waals surface area contributed by atoms with Gasteiger partial charge in [0, 0.05) is 20.3 Å². The lowest BCUT2D eigenvalue weighted by atomic mass is 9.94. The van der Waals surface area contributed by atoms with Gasteiger partial charge in [-0.15, -0.1) is 0 Å². The van der Waals surface area contributed by atoms with Crippen LogP contribution >= 0.6 is 0 Å². The van der Waals surface area contributed by atoms with E-state index in [1.807, 2.05) is 0 Å². The van der Waals surface area contributed by atoms with E-state index in [2.05, 4.69) is 0 Å². The molecule has 0 aliphatic carbocycles. The van der Waals surface area contributed by atoms with Gasteiger partial charge in [-0.05, 0) is 49.7 Å². The van der Waals surface area contributed by atoms with E-state index in [4.69, 9.17) is 23.7 Å². The molecule has 44 heavy (non-hydrogen) atoms. The largest absolute Gasteiger partial charge is 0.461 e. The molecule has 3 rings (SSSR count). The minimum Gasteiger partial charge on any atom is -0.461 e. The van der Waals surface area contributed by atoms with Crippen LogP contribution in [-0.4, -0.2) is 55.5 Å². The molecule has 0 aliphatic rings. The average Bonchev–Trinajstić information content (AvgIpc) is 2.97. The van der Waals surface area contributed by atoms with Crippen LogP contribution in [0.4, 0.5) is 0 Å². The van der Waals surface area contributed by atoms with E-state index in [0.717, 1.165) is 0 Å². The van der Waals surface area contributed by atoms with Crippen molar-refractivity contribution in [2.24, 2.45) is 5.41 Å². The number of benzene rings is 3. The predicted molar refractivity (Wildman–Crippen MR) is 155 cm³/mol. The summed E-state index contributed by atoms with van der Waals surface area (Å²) >= 11 is 0. The second-order valence-corrected chi connectivity index (χ2v) is 10.3. The van der Waals surface area contributed by atoms with E-state index >= 15 is 0 Å². The number of carbonyl (C=O) groups is 6. The van der Waals surface area contributed by atoms with Gasteiger partial charge in [0.05, 0.1) is 11.0 Å². The zero-order valence-corrected chi connectivity index (χ0v) is 24.7. The molecule has 0 N–H and O–H groups in total. The number of carbonyl (C=O) groups excluding carboxylic acids is 6. The molecule has 0 amide bonds. The SMILES string of the molecule is CC(=O)Cc1ccccc1C(=O)OCC(C)(COC(=O)c1ccccc1OC(C)=O)COC(=O)c1ccccc1OC(C)=O. The van der Waals surface area contributed by atoms with Crippen molar-refractivity contribution in [3.63, 3.8) is 0 Å². The molecule has 0 atom stereocenters. The Labute approximate surface area is 254 Å². The lowest BCUT2D eigenvalue weighted by Crippen LogP contribution is -2.37. The van der Waals surface area contributed by atoms with Crippen LogP contribution in [0.25, 0.3) is 0 Å². The molecule has 0 radical (unpaired) electrons. The van der Waals surface area contributed by atoms with E-state index in [1.54, 1.807) is 49.4 Å². The Hall–Kier alpha value is -5.32. The molecule has 0 fully saturated rings. The molecule has 0 aliphatic heterocycles. The fourth-order valence-corrected chi connectivity index (χ4v) is 3.98. The first-order valence-electron chi connectivity index (χ1n) is 13.5. The number of ketones is 1. The summed E-state index contributed by atoms with van der Waals surface area (Å²) in [6.45, 7) is 4.21. The van der Waals surface area contributed by atoms with Crippen molar-refractivity contribution in [1.82, 2.24) is 0 Å². The average molecular weight is 605 g/mol. The molecule has 230 valence electrons. The number of esters is 5. The molecule has 3 aromatic rings. The van der Waals surface area contributed by atoms with Crippen molar-refractivity contribution in [1.29, 1.82) is 0 Å². The number of hydrogen-bond donors (Lipinski definition) is 0. The van der Waals surface area contributed by atoms with E-state index in [1.165, 1.54) is 51.1 Å². The summed E-state index contributed by atoms with van der Waals surface area (Å²) in [5, 5.41) is 0. The predicted octanol–water partition coefficient (Wildman–Crippen LogP) is 4.55. The lowest BCUT2D eigenvalue weighted by Gasteiger charge is -2.28. The third kappa shape index (κ3) is 9.62. The lowest BCUT2D eigenvalue weighted by molar-refractivity contribution is -0.132. The molecular formula is C33H32O11. The molecule has 0 saturated heterocycles. The molecule has 0 unspecified atom stereocenters. The van der Waals surface area contributed by atoms with Gasteiger partial charge >= 0.3 is 29.8 Å². The van der Waals surface area contributed by atoms with Crippen molar-refractivity contribution < 1.29 is 52.5 Å². The maximum atomic E-state index is 13.1. The Morgan fingerprint density at radius 3 is 1.32 bits per heavy atom. The van der Waals surface area contributed by atoms with Gasteiger partial charge in [0.15, 0.2) is 0 Å². The van der Waals surface area contributed by atoms with Gasteiger partial charge in [-0.1, -0.05) is 42.5 Å². The van der Waals surface area contributed by atoms with Crippen LogP contribution in [0.1, 0.15) is 64.3 Å². The van der Waals surface area contributed by atoms with E-state index in [9.17, 15) is 28.8 Å². The molecule has 3 aromatic carbocycles. The second kappa shape index (κ2) is 15.2. The zero-order valence-electron chi connectivity index (χ0n) is 24.7. The van der Waals surface area contributed by atoms with Gasteiger partial charge in [0.25, 0.3) is 0 Å². The van der Waals surface area contributed by atoms with Gasteiger partial charge in [0.2, 0.25) is 0 Å². The molecule has 11 nitrogen and oxygen atoms in total. The van der Waals surface area contributed by atoms with Crippen molar-refractivity contribution in [2.45, 2.75) is 34.1 Å². The van der Waals surface area contributed by atoms with Crippen LogP contribution in [0, 0.1) is 5.41 Å². The normalized spacial score (nSPS) is 10.7. The molecular weight excluding hydrogens is 572 g/mol. The van der Waals surface area contributed by atoms with Gasteiger partial charge < -0.3 is 23.7 Å². The van der Waals surface area contributed by atoms with Crippen molar-refractivity contribution in [2.75, 3.05) is 19.8 Å². The summed E-state index contributed by atoms with van der Waals surface area (Å²) in [6.07, 6.45) is 0.0290. The highest BCUT2D eigenvalue weighted by molar-refractivity contribution is 5.95. The van der Waals surface area contributed by atoms with Gasteiger partial charge in [-0.25, -0.2) is 14.4 Å². The molecule has 0 saturated carbocycles. The third-order valence-electron chi connectivity index (χ3n) is 6.05. The van der Waals surface area contributed by atoms with Gasteiger partial charge in [-0.2, -0.15) is 0 Å². The van der Waals surface area contributed by atoms with Crippen LogP contribution in [0.15, 0.2) is 72.8 Å². The summed E-state index contributed by atoms with van der Waals surface area (Å²) in [6, 6.07) is 18.5. The Balaban J connectivity index is 1.82. The summed E-state index contributed by atoms with van der Waals surface area (Å²) in [5.74, 6) is -3.82. The molecule has 0 bridgehead atoms. The van der Waals surface area contributed by atoms with E-state index in [-0.39, 0.29) is 60.2 Å². The fourth-order valence-electron chi connectivity index (χ4n) is 3.98. The Bertz CT molecular complexity index is 1370. The summed E-state index contributed by atoms with van der Waals surface area (Å²) in [4.78, 5) is 73.7. The number of rotatable bonds is 13. The quantitative estimate of drug-likeness (QED) is 0.154. The van der Waals surface area contributed by atoms with E-state index in [0.29, 0.717) is 5.56 Å². The zero-order chi connectivity index (χ0) is 32.3. The van der Waals surface area contributed by atoms with Crippen molar-refractivity contribution in [3.8, 4) is 11.5 Å². The number of hydrogen-bond acceptors (Lipinski definition) is 11. The number of ether oxygens (including phenoxy) is 5. The summed E-state index contributed by atoms with van der Waals surface area (Å²) in [5.41, 5.74) is -0.651. The Kier molecular flexibility index (Phi) is 11.5. The highest BCUT2D eigenvalue weighted by Gasteiger charge is 2.33. The molecule has 0 spiro atoms. The van der Waals surface area contributed by atoms with Crippen LogP contribution in [0.3, 0.4) is 0 Å². The first kappa shape index (κ1) is 33.2. The van der Waals surface area contributed by atoms with Gasteiger partial charge in [0.1, 0.15) is 48.2 Å². The number of Topliss-reactive ketones (excluding diaryl/α,β-unsaturated/α-hetero) is 1. The third-order valence-corrected chi connectivity index (χ3v) is 6.05. The first-order valence-corrected chi connectivity index (χ1v) is 13.5. The van der Waals surface area contributed by atoms with Crippen LogP contribution in [-0.2, 0) is 35.0 Å². The standard InChI is InChI=1S/C33H32O11/c1-21(34)17-24-11-5-6-12-25(24)30(37)40-18-33(4,19-41-31(38)26-13-7-9-15-28(26)43-22(2)35)20-42-32(39)27-14-8-10-16-29(27)44-23(3)36/h5-16H,17-20H2,1-4H3. The highest BCUT2D eigenvalue weighted by Crippen LogP contribution is 2.26. The Morgan fingerprint density at radius 1 is 0.545 bits per heavy atom. The topological polar surface area (TPSA) is 149 Å². The van der Waals surface area contributed by atoms with Crippen LogP contribution in [0.2, 0.25) is 0 Å². The number of para-hydroxylation sites is 2. The molecule has 0 heterocycles. The van der Waals surface area contributed by atoms with Gasteiger partial charge in [-0.3, -0.25) is 14.4 Å². The fraction of sp³-hybridized carbons (Fsp3) is 0.273. The molecule has 0 aromatic heterocycles. The minimum absolute atomic E-state index is 0.00582. The summed E-state index contributed by atoms with van der Waals surface area (Å²) < 4.78 is 26.8. The Morgan fingerprint density at radius 2 is 0.909 bits per heavy atom. The second-order valence-electron chi connectivity index (χ2n) is 10.3. The van der Waals surface area contributed by atoms with E-state index < -0.39 is 35.3 Å². The molecule has 11 heteroatoms. The maximum Gasteiger partial charge on any atom is 0.341 e. The monoisotopic (exact) mass is 604 g/mol. The maximum absolute atomic E-state index is 13.1. The van der Waals surface area contributed by atoms with Crippen molar-refractivity contribution >= 4 is 35.6 Å². The van der Waals surface area contributed by atoms with Crippen LogP contribution < -0.4 is 9.47 Å². The van der Waals surface area contributed by atoms with Crippen LogP contribution in [0.5, 0.6) is 11.5 Å².